The molecule has 126 valence electrons. The van der Waals surface area contributed by atoms with Gasteiger partial charge in [0, 0.05) is 5.39 Å². The van der Waals surface area contributed by atoms with E-state index in [0.717, 1.165) is 22.4 Å². The summed E-state index contributed by atoms with van der Waals surface area (Å²) in [5.74, 6) is 0.762. The van der Waals surface area contributed by atoms with Crippen molar-refractivity contribution in [2.45, 2.75) is 39.8 Å². The number of fused-ring (bicyclic) bond motifs is 1. The lowest BCUT2D eigenvalue weighted by molar-refractivity contribution is 0.366. The molecule has 1 aromatic carbocycles. The first-order valence-corrected chi connectivity index (χ1v) is 7.90. The first-order chi connectivity index (χ1) is 11.3. The Labute approximate surface area is 140 Å². The number of aryl methyl sites for hydroxylation is 1. The normalized spacial score (nSPS) is 11.9. The van der Waals surface area contributed by atoms with E-state index in [1.54, 1.807) is 18.0 Å². The van der Waals surface area contributed by atoms with Crippen molar-refractivity contribution < 1.29 is 4.74 Å². The Balaban J connectivity index is 2.15. The molecule has 0 fully saturated rings. The van der Waals surface area contributed by atoms with Gasteiger partial charge in [-0.1, -0.05) is 12.1 Å². The highest BCUT2D eigenvalue weighted by molar-refractivity contribution is 5.79. The minimum absolute atomic E-state index is 0.133. The van der Waals surface area contributed by atoms with Gasteiger partial charge in [0.05, 0.1) is 31.1 Å². The molecular formula is C18H22N4O2. The largest absolute Gasteiger partial charge is 0.497 e. The highest BCUT2D eigenvalue weighted by Gasteiger charge is 2.21. The van der Waals surface area contributed by atoms with Crippen LogP contribution in [0.4, 0.5) is 0 Å². The summed E-state index contributed by atoms with van der Waals surface area (Å²) >= 11 is 0. The number of ether oxygens (including phenoxy) is 1. The molecule has 0 aliphatic heterocycles. The summed E-state index contributed by atoms with van der Waals surface area (Å²) in [7, 11) is 1.63. The van der Waals surface area contributed by atoms with E-state index in [9.17, 15) is 4.79 Å². The van der Waals surface area contributed by atoms with E-state index in [4.69, 9.17) is 4.74 Å². The first-order valence-electron chi connectivity index (χ1n) is 7.90. The minimum atomic E-state index is -0.275. The third-order valence-corrected chi connectivity index (χ3v) is 3.97. The Hall–Kier alpha value is -2.63. The number of nitrogens with zero attached hydrogens (tertiary/aromatic N) is 4. The fourth-order valence-electron chi connectivity index (χ4n) is 2.78. The zero-order valence-corrected chi connectivity index (χ0v) is 14.7. The number of benzene rings is 1. The van der Waals surface area contributed by atoms with Crippen molar-refractivity contribution in [2.24, 2.45) is 0 Å². The zero-order valence-electron chi connectivity index (χ0n) is 14.7. The van der Waals surface area contributed by atoms with Gasteiger partial charge in [-0.2, -0.15) is 10.2 Å². The summed E-state index contributed by atoms with van der Waals surface area (Å²) in [6.07, 6.45) is 1.72. The van der Waals surface area contributed by atoms with Crippen LogP contribution in [0, 0.1) is 6.92 Å². The second-order valence-corrected chi connectivity index (χ2v) is 6.89. The van der Waals surface area contributed by atoms with Crippen LogP contribution in [0.2, 0.25) is 0 Å². The molecule has 24 heavy (non-hydrogen) atoms. The van der Waals surface area contributed by atoms with Crippen molar-refractivity contribution in [3.05, 3.63) is 52.1 Å². The standard InChI is InChI=1S/C18H22N4O2/c1-12-15-10-19-22(18(2,3)4)16(15)17(23)21(20-12)11-13-7-6-8-14(9-13)24-5/h6-10H,11H2,1-5H3. The third-order valence-electron chi connectivity index (χ3n) is 3.97. The molecule has 0 atom stereocenters. The number of hydrogen-bond donors (Lipinski definition) is 0. The number of methoxy groups -OCH3 is 1. The molecule has 2 aromatic heterocycles. The van der Waals surface area contributed by atoms with Gasteiger partial charge in [0.25, 0.3) is 5.56 Å². The van der Waals surface area contributed by atoms with Crippen LogP contribution in [0.25, 0.3) is 10.9 Å². The summed E-state index contributed by atoms with van der Waals surface area (Å²) < 4.78 is 8.52. The van der Waals surface area contributed by atoms with Crippen LogP contribution in [0.3, 0.4) is 0 Å². The number of rotatable bonds is 3. The molecule has 0 spiro atoms. The molecule has 2 heterocycles. The highest BCUT2D eigenvalue weighted by atomic mass is 16.5. The third kappa shape index (κ3) is 2.79. The second kappa shape index (κ2) is 5.78. The summed E-state index contributed by atoms with van der Waals surface area (Å²) in [5, 5.41) is 9.67. The van der Waals surface area contributed by atoms with E-state index in [-0.39, 0.29) is 11.1 Å². The van der Waals surface area contributed by atoms with Crippen LogP contribution in [0.15, 0.2) is 35.3 Å². The van der Waals surface area contributed by atoms with E-state index in [0.29, 0.717) is 12.1 Å². The maximum atomic E-state index is 13.0. The SMILES string of the molecule is COc1cccc(Cn2nc(C)c3cnn(C(C)(C)C)c3c2=O)c1. The Bertz CT molecular complexity index is 948. The van der Waals surface area contributed by atoms with Crippen LogP contribution in [0.1, 0.15) is 32.0 Å². The average Bonchev–Trinajstić information content (AvgIpc) is 2.98. The van der Waals surface area contributed by atoms with E-state index in [2.05, 4.69) is 10.2 Å². The fraction of sp³-hybridized carbons (Fsp3) is 0.389. The van der Waals surface area contributed by atoms with Crippen LogP contribution < -0.4 is 10.3 Å². The van der Waals surface area contributed by atoms with Crippen molar-refractivity contribution in [3.8, 4) is 5.75 Å². The first kappa shape index (κ1) is 16.2. The van der Waals surface area contributed by atoms with Crippen molar-refractivity contribution in [1.82, 2.24) is 19.6 Å². The molecule has 0 amide bonds. The van der Waals surface area contributed by atoms with E-state index < -0.39 is 0 Å². The fourth-order valence-corrected chi connectivity index (χ4v) is 2.78. The van der Waals surface area contributed by atoms with Crippen molar-refractivity contribution in [1.29, 1.82) is 0 Å². The summed E-state index contributed by atoms with van der Waals surface area (Å²) in [6, 6.07) is 7.65. The highest BCUT2D eigenvalue weighted by Crippen LogP contribution is 2.21. The summed E-state index contributed by atoms with van der Waals surface area (Å²) in [6.45, 7) is 8.38. The van der Waals surface area contributed by atoms with E-state index in [1.807, 2.05) is 52.0 Å². The molecule has 0 unspecified atom stereocenters. The zero-order chi connectivity index (χ0) is 17.5. The monoisotopic (exact) mass is 326 g/mol. The molecule has 3 aromatic rings. The lowest BCUT2D eigenvalue weighted by atomic mass is 10.1. The molecule has 0 radical (unpaired) electrons. The predicted molar refractivity (Wildman–Crippen MR) is 93.6 cm³/mol. The quantitative estimate of drug-likeness (QED) is 0.742. The molecule has 0 aliphatic carbocycles. The van der Waals surface area contributed by atoms with Crippen molar-refractivity contribution >= 4 is 10.9 Å². The van der Waals surface area contributed by atoms with Gasteiger partial charge < -0.3 is 4.74 Å². The van der Waals surface area contributed by atoms with Crippen LogP contribution in [-0.4, -0.2) is 26.7 Å². The molecule has 6 nitrogen and oxygen atoms in total. The van der Waals surface area contributed by atoms with Gasteiger partial charge in [0.2, 0.25) is 0 Å². The smallest absolute Gasteiger partial charge is 0.293 e. The second-order valence-electron chi connectivity index (χ2n) is 6.89. The van der Waals surface area contributed by atoms with Crippen molar-refractivity contribution in [3.63, 3.8) is 0 Å². The summed E-state index contributed by atoms with van der Waals surface area (Å²) in [4.78, 5) is 13.0. The molecule has 0 N–H and O–H groups in total. The van der Waals surface area contributed by atoms with Crippen LogP contribution >= 0.6 is 0 Å². The lowest BCUT2D eigenvalue weighted by Crippen LogP contribution is -2.31. The molecule has 3 rings (SSSR count). The van der Waals surface area contributed by atoms with Gasteiger partial charge in [-0.3, -0.25) is 9.48 Å². The topological polar surface area (TPSA) is 61.9 Å². The average molecular weight is 326 g/mol. The Kier molecular flexibility index (Phi) is 3.91. The maximum Gasteiger partial charge on any atom is 0.293 e. The van der Waals surface area contributed by atoms with Gasteiger partial charge in [-0.05, 0) is 45.4 Å². The molecule has 0 aliphatic rings. The number of hydrogen-bond acceptors (Lipinski definition) is 4. The molecule has 6 heteroatoms. The van der Waals surface area contributed by atoms with Crippen molar-refractivity contribution in [2.75, 3.05) is 7.11 Å². The van der Waals surface area contributed by atoms with Gasteiger partial charge >= 0.3 is 0 Å². The summed E-state index contributed by atoms with van der Waals surface area (Å²) in [5.41, 5.74) is 1.94. The van der Waals surface area contributed by atoms with Crippen LogP contribution in [-0.2, 0) is 12.1 Å². The van der Waals surface area contributed by atoms with Gasteiger partial charge in [-0.25, -0.2) is 4.68 Å². The Morgan fingerprint density at radius 1 is 1.25 bits per heavy atom. The van der Waals surface area contributed by atoms with E-state index >= 15 is 0 Å². The van der Waals surface area contributed by atoms with Gasteiger partial charge in [0.1, 0.15) is 11.3 Å². The molecule has 0 saturated carbocycles. The Morgan fingerprint density at radius 2 is 2.00 bits per heavy atom. The molecule has 0 saturated heterocycles. The maximum absolute atomic E-state index is 13.0. The molecule has 0 bridgehead atoms. The van der Waals surface area contributed by atoms with Gasteiger partial charge in [0.15, 0.2) is 0 Å². The predicted octanol–water partition coefficient (Wildman–Crippen LogP) is 2.71. The van der Waals surface area contributed by atoms with E-state index in [1.165, 1.54) is 4.68 Å². The number of aromatic nitrogens is 4. The molecular weight excluding hydrogens is 304 g/mol. The Morgan fingerprint density at radius 3 is 2.67 bits per heavy atom. The minimum Gasteiger partial charge on any atom is -0.497 e. The lowest BCUT2D eigenvalue weighted by Gasteiger charge is -2.20. The van der Waals surface area contributed by atoms with Crippen LogP contribution in [0.5, 0.6) is 5.75 Å². The van der Waals surface area contributed by atoms with Gasteiger partial charge in [-0.15, -0.1) is 0 Å².